The lowest BCUT2D eigenvalue weighted by Gasteiger charge is -2.05. The van der Waals surface area contributed by atoms with Gasteiger partial charge in [-0.25, -0.2) is 9.37 Å². The van der Waals surface area contributed by atoms with Crippen LogP contribution in [0.3, 0.4) is 0 Å². The first-order chi connectivity index (χ1) is 6.67. The molecule has 0 spiro atoms. The highest BCUT2D eigenvalue weighted by molar-refractivity contribution is 5.90. The van der Waals surface area contributed by atoms with E-state index in [1.165, 1.54) is 13.3 Å². The molecule has 0 bridgehead atoms. The maximum atomic E-state index is 13.2. The number of carbonyl (C=O) groups is 1. The van der Waals surface area contributed by atoms with Gasteiger partial charge in [0.1, 0.15) is 0 Å². The molecule has 76 valence electrons. The maximum Gasteiger partial charge on any atom is 0.224 e. The van der Waals surface area contributed by atoms with Gasteiger partial charge in [0.25, 0.3) is 0 Å². The van der Waals surface area contributed by atoms with Crippen molar-refractivity contribution in [2.75, 3.05) is 12.4 Å². The summed E-state index contributed by atoms with van der Waals surface area (Å²) in [5.41, 5.74) is 0.0673. The average Bonchev–Trinajstić information content (AvgIpc) is 2.20. The zero-order valence-electron chi connectivity index (χ0n) is 8.00. The van der Waals surface area contributed by atoms with Gasteiger partial charge >= 0.3 is 0 Å². The van der Waals surface area contributed by atoms with Crippen molar-refractivity contribution in [3.63, 3.8) is 0 Å². The highest BCUT2D eigenvalue weighted by atomic mass is 19.1. The minimum absolute atomic E-state index is 0.0673. The molecule has 0 saturated heterocycles. The van der Waals surface area contributed by atoms with Crippen molar-refractivity contribution in [2.45, 2.75) is 13.3 Å². The first kappa shape index (κ1) is 10.4. The summed E-state index contributed by atoms with van der Waals surface area (Å²) in [6.07, 6.45) is 1.52. The molecule has 1 aromatic rings. The van der Waals surface area contributed by atoms with E-state index >= 15 is 0 Å². The zero-order valence-corrected chi connectivity index (χ0v) is 8.00. The van der Waals surface area contributed by atoms with Crippen molar-refractivity contribution in [2.24, 2.45) is 0 Å². The summed E-state index contributed by atoms with van der Waals surface area (Å²) in [7, 11) is 1.39. The molecule has 1 aromatic heterocycles. The van der Waals surface area contributed by atoms with Crippen LogP contribution >= 0.6 is 0 Å². The van der Waals surface area contributed by atoms with Gasteiger partial charge < -0.3 is 10.1 Å². The summed E-state index contributed by atoms with van der Waals surface area (Å²) < 4.78 is 17.9. The van der Waals surface area contributed by atoms with Crippen molar-refractivity contribution >= 4 is 11.6 Å². The van der Waals surface area contributed by atoms with Crippen LogP contribution in [0.25, 0.3) is 0 Å². The number of rotatable bonds is 3. The molecule has 1 N–H and O–H groups in total. The number of hydrogen-bond acceptors (Lipinski definition) is 3. The van der Waals surface area contributed by atoms with Gasteiger partial charge in [-0.1, -0.05) is 6.92 Å². The Labute approximate surface area is 81.1 Å². The monoisotopic (exact) mass is 198 g/mol. The fraction of sp³-hybridized carbons (Fsp3) is 0.333. The lowest BCUT2D eigenvalue weighted by Crippen LogP contribution is -2.11. The van der Waals surface area contributed by atoms with E-state index in [9.17, 15) is 9.18 Å². The predicted molar refractivity (Wildman–Crippen MR) is 49.7 cm³/mol. The van der Waals surface area contributed by atoms with Crippen LogP contribution in [0.4, 0.5) is 10.1 Å². The molecule has 0 aliphatic rings. The molecule has 1 amide bonds. The van der Waals surface area contributed by atoms with E-state index in [1.54, 1.807) is 6.92 Å². The van der Waals surface area contributed by atoms with Crippen molar-refractivity contribution in [3.05, 3.63) is 18.1 Å². The second-order valence-electron chi connectivity index (χ2n) is 2.61. The normalized spacial score (nSPS) is 9.64. The average molecular weight is 198 g/mol. The smallest absolute Gasteiger partial charge is 0.224 e. The van der Waals surface area contributed by atoms with Gasteiger partial charge in [-0.2, -0.15) is 0 Å². The minimum Gasteiger partial charge on any atom is -0.481 e. The van der Waals surface area contributed by atoms with Crippen LogP contribution in [0.5, 0.6) is 5.88 Å². The lowest BCUT2D eigenvalue weighted by atomic mass is 10.3. The molecule has 0 fully saturated rings. The Kier molecular flexibility index (Phi) is 3.39. The van der Waals surface area contributed by atoms with Gasteiger partial charge in [-0.05, 0) is 0 Å². The van der Waals surface area contributed by atoms with E-state index in [-0.39, 0.29) is 17.5 Å². The van der Waals surface area contributed by atoms with Gasteiger partial charge in [0, 0.05) is 12.5 Å². The third-order valence-electron chi connectivity index (χ3n) is 1.63. The summed E-state index contributed by atoms with van der Waals surface area (Å²) >= 11 is 0. The first-order valence-electron chi connectivity index (χ1n) is 4.16. The fourth-order valence-electron chi connectivity index (χ4n) is 0.855. The molecule has 1 heterocycles. The second kappa shape index (κ2) is 4.55. The number of methoxy groups -OCH3 is 1. The topological polar surface area (TPSA) is 51.2 Å². The molecule has 0 saturated carbocycles. The van der Waals surface area contributed by atoms with E-state index < -0.39 is 5.82 Å². The second-order valence-corrected chi connectivity index (χ2v) is 2.61. The quantitative estimate of drug-likeness (QED) is 0.802. The molecule has 0 unspecified atom stereocenters. The van der Waals surface area contributed by atoms with Gasteiger partial charge in [0.2, 0.25) is 11.8 Å². The summed E-state index contributed by atoms with van der Waals surface area (Å²) in [5, 5.41) is 2.38. The largest absolute Gasteiger partial charge is 0.481 e. The molecule has 5 heteroatoms. The Balaban J connectivity index is 2.83. The third kappa shape index (κ3) is 2.42. The fourth-order valence-corrected chi connectivity index (χ4v) is 0.855. The van der Waals surface area contributed by atoms with E-state index in [0.29, 0.717) is 6.42 Å². The number of carbonyl (C=O) groups excluding carboxylic acids is 1. The van der Waals surface area contributed by atoms with Gasteiger partial charge in [0.05, 0.1) is 19.0 Å². The number of anilines is 1. The van der Waals surface area contributed by atoms with Crippen LogP contribution in [0.1, 0.15) is 13.3 Å². The van der Waals surface area contributed by atoms with E-state index in [2.05, 4.69) is 10.3 Å². The number of nitrogens with one attached hydrogen (secondary N) is 1. The van der Waals surface area contributed by atoms with Crippen LogP contribution in [-0.2, 0) is 4.79 Å². The third-order valence-corrected chi connectivity index (χ3v) is 1.63. The molecule has 0 aliphatic carbocycles. The van der Waals surface area contributed by atoms with Gasteiger partial charge in [0.15, 0.2) is 5.82 Å². The molecule has 0 aliphatic heterocycles. The Hall–Kier alpha value is -1.65. The predicted octanol–water partition coefficient (Wildman–Crippen LogP) is 1.58. The number of amides is 1. The van der Waals surface area contributed by atoms with Crippen molar-refractivity contribution in [3.8, 4) is 5.88 Å². The maximum absolute atomic E-state index is 13.2. The molecule has 4 nitrogen and oxygen atoms in total. The lowest BCUT2D eigenvalue weighted by molar-refractivity contribution is -0.115. The van der Waals surface area contributed by atoms with Crippen LogP contribution in [0, 0.1) is 5.82 Å². The number of ether oxygens (including phenoxy) is 1. The van der Waals surface area contributed by atoms with Gasteiger partial charge in [-0.3, -0.25) is 4.79 Å². The molecule has 14 heavy (non-hydrogen) atoms. The van der Waals surface area contributed by atoms with Crippen molar-refractivity contribution in [1.82, 2.24) is 4.98 Å². The number of nitrogens with zero attached hydrogens (tertiary/aromatic N) is 1. The Morgan fingerprint density at radius 3 is 2.93 bits per heavy atom. The SMILES string of the molecule is CCC(=O)Nc1cnc(OC)cc1F. The molecule has 1 rings (SSSR count). The molecule has 0 aromatic carbocycles. The summed E-state index contributed by atoms with van der Waals surface area (Å²) in [6, 6.07) is 1.12. The summed E-state index contributed by atoms with van der Waals surface area (Å²) in [5.74, 6) is -0.633. The zero-order chi connectivity index (χ0) is 10.6. The molecule has 0 atom stereocenters. The number of hydrogen-bond donors (Lipinski definition) is 1. The molecule has 0 radical (unpaired) electrons. The van der Waals surface area contributed by atoms with Crippen LogP contribution in [-0.4, -0.2) is 18.0 Å². The van der Waals surface area contributed by atoms with Crippen molar-refractivity contribution in [1.29, 1.82) is 0 Å². The number of halogens is 1. The first-order valence-corrected chi connectivity index (χ1v) is 4.16. The van der Waals surface area contributed by atoms with Crippen LogP contribution < -0.4 is 10.1 Å². The molecular weight excluding hydrogens is 187 g/mol. The van der Waals surface area contributed by atoms with Crippen LogP contribution in [0.15, 0.2) is 12.3 Å². The highest BCUT2D eigenvalue weighted by Crippen LogP contribution is 2.16. The van der Waals surface area contributed by atoms with E-state index in [4.69, 9.17) is 4.74 Å². The standard InChI is InChI=1S/C9H11FN2O2/c1-3-8(13)12-7-5-11-9(14-2)4-6(7)10/h4-5H,3H2,1-2H3,(H,12,13). The molecular formula is C9H11FN2O2. The number of aromatic nitrogens is 1. The van der Waals surface area contributed by atoms with Crippen molar-refractivity contribution < 1.29 is 13.9 Å². The number of pyridine rings is 1. The minimum atomic E-state index is -0.557. The Morgan fingerprint density at radius 2 is 2.43 bits per heavy atom. The van der Waals surface area contributed by atoms with E-state index in [0.717, 1.165) is 6.07 Å². The Bertz CT molecular complexity index is 342. The van der Waals surface area contributed by atoms with Gasteiger partial charge in [-0.15, -0.1) is 0 Å². The van der Waals surface area contributed by atoms with Crippen LogP contribution in [0.2, 0.25) is 0 Å². The summed E-state index contributed by atoms with van der Waals surface area (Å²) in [4.78, 5) is 14.7. The van der Waals surface area contributed by atoms with E-state index in [1.807, 2.05) is 0 Å². The summed E-state index contributed by atoms with van der Waals surface area (Å²) in [6.45, 7) is 1.68. The Morgan fingerprint density at radius 1 is 1.71 bits per heavy atom. The highest BCUT2D eigenvalue weighted by Gasteiger charge is 2.07.